The van der Waals surface area contributed by atoms with Crippen molar-refractivity contribution in [3.05, 3.63) is 0 Å². The van der Waals surface area contributed by atoms with Crippen LogP contribution >= 0.6 is 0 Å². The van der Waals surface area contributed by atoms with E-state index in [0.717, 1.165) is 19.3 Å². The molecule has 1 rings (SSSR count). The third-order valence-electron chi connectivity index (χ3n) is 4.13. The van der Waals surface area contributed by atoms with Gasteiger partial charge in [0, 0.05) is 12.1 Å². The summed E-state index contributed by atoms with van der Waals surface area (Å²) in [5.41, 5.74) is 5.21. The number of hydrogen-bond acceptors (Lipinski definition) is 3. The molecule has 2 N–H and O–H groups in total. The number of halogens is 3. The first kappa shape index (κ1) is 15.7. The van der Waals surface area contributed by atoms with Crippen molar-refractivity contribution < 1.29 is 13.2 Å². The Kier molecular flexibility index (Phi) is 5.03. The second-order valence-electron chi connectivity index (χ2n) is 5.52. The van der Waals surface area contributed by atoms with Crippen LogP contribution in [0.1, 0.15) is 25.7 Å². The van der Waals surface area contributed by atoms with Crippen molar-refractivity contribution in [3.63, 3.8) is 0 Å². The van der Waals surface area contributed by atoms with Crippen molar-refractivity contribution in [1.82, 2.24) is 9.80 Å². The van der Waals surface area contributed by atoms with Crippen LogP contribution in [-0.2, 0) is 0 Å². The first-order chi connectivity index (χ1) is 8.23. The molecule has 0 aromatic carbocycles. The fraction of sp³-hybridized carbons (Fsp3) is 1.00. The Balaban J connectivity index is 2.69. The highest BCUT2D eigenvalue weighted by atomic mass is 19.4. The molecule has 108 valence electrons. The lowest BCUT2D eigenvalue weighted by molar-refractivity contribution is -0.186. The van der Waals surface area contributed by atoms with E-state index in [1.807, 2.05) is 14.1 Å². The third-order valence-corrected chi connectivity index (χ3v) is 4.13. The summed E-state index contributed by atoms with van der Waals surface area (Å²) in [5, 5.41) is 0. The van der Waals surface area contributed by atoms with Gasteiger partial charge >= 0.3 is 6.18 Å². The molecule has 3 nitrogen and oxygen atoms in total. The quantitative estimate of drug-likeness (QED) is 0.795. The van der Waals surface area contributed by atoms with Gasteiger partial charge in [-0.1, -0.05) is 0 Å². The molecule has 0 spiro atoms. The van der Waals surface area contributed by atoms with Crippen molar-refractivity contribution in [2.24, 2.45) is 5.73 Å². The molecule has 0 aliphatic heterocycles. The summed E-state index contributed by atoms with van der Waals surface area (Å²) in [5.74, 6) is 0. The summed E-state index contributed by atoms with van der Waals surface area (Å²) in [6, 6.07) is -1.43. The molecule has 6 heteroatoms. The van der Waals surface area contributed by atoms with Crippen molar-refractivity contribution in [1.29, 1.82) is 0 Å². The molecular weight excluding hydrogens is 243 g/mol. The van der Waals surface area contributed by atoms with E-state index in [9.17, 15) is 13.2 Å². The molecule has 0 heterocycles. The minimum absolute atomic E-state index is 0.0382. The number of alkyl halides is 3. The van der Waals surface area contributed by atoms with Gasteiger partial charge in [-0.25, -0.2) is 0 Å². The minimum atomic E-state index is -4.20. The number of hydrogen-bond donors (Lipinski definition) is 1. The molecule has 0 amide bonds. The Labute approximate surface area is 107 Å². The third kappa shape index (κ3) is 3.36. The Morgan fingerprint density at radius 2 is 1.78 bits per heavy atom. The zero-order valence-corrected chi connectivity index (χ0v) is 11.4. The Bertz CT molecular complexity index is 262. The summed E-state index contributed by atoms with van der Waals surface area (Å²) in [6.45, 7) is 0.508. The highest BCUT2D eigenvalue weighted by Gasteiger charge is 2.46. The fourth-order valence-electron chi connectivity index (χ4n) is 2.70. The lowest BCUT2D eigenvalue weighted by atomic mass is 9.75. The summed E-state index contributed by atoms with van der Waals surface area (Å²) < 4.78 is 38.8. The monoisotopic (exact) mass is 267 g/mol. The van der Waals surface area contributed by atoms with E-state index in [1.165, 1.54) is 4.90 Å². The molecular formula is C12H24F3N3. The van der Waals surface area contributed by atoms with Gasteiger partial charge in [-0.3, -0.25) is 4.90 Å². The first-order valence-corrected chi connectivity index (χ1v) is 6.37. The molecule has 1 fully saturated rings. The van der Waals surface area contributed by atoms with Crippen molar-refractivity contribution in [2.45, 2.75) is 43.4 Å². The maximum absolute atomic E-state index is 12.9. The van der Waals surface area contributed by atoms with E-state index >= 15 is 0 Å². The van der Waals surface area contributed by atoms with Gasteiger partial charge in [0.2, 0.25) is 0 Å². The molecule has 1 unspecified atom stereocenters. The lowest BCUT2D eigenvalue weighted by Crippen LogP contribution is -2.59. The molecule has 1 aliphatic carbocycles. The van der Waals surface area contributed by atoms with Gasteiger partial charge in [-0.2, -0.15) is 13.2 Å². The van der Waals surface area contributed by atoms with Gasteiger partial charge in [-0.15, -0.1) is 0 Å². The van der Waals surface area contributed by atoms with Gasteiger partial charge in [-0.05, 0) is 53.4 Å². The number of nitrogens with two attached hydrogens (primary N) is 1. The van der Waals surface area contributed by atoms with Crippen LogP contribution in [0.15, 0.2) is 0 Å². The topological polar surface area (TPSA) is 32.5 Å². The number of rotatable bonds is 6. The van der Waals surface area contributed by atoms with Gasteiger partial charge in [0.1, 0.15) is 6.04 Å². The Morgan fingerprint density at radius 1 is 1.22 bits per heavy atom. The van der Waals surface area contributed by atoms with Gasteiger partial charge < -0.3 is 10.6 Å². The number of likely N-dealkylation sites (N-methyl/N-ethyl adjacent to an activating group) is 2. The maximum Gasteiger partial charge on any atom is 0.404 e. The summed E-state index contributed by atoms with van der Waals surface area (Å²) in [4.78, 5) is 3.48. The molecule has 0 radical (unpaired) electrons. The Hall–Kier alpha value is -0.330. The van der Waals surface area contributed by atoms with Gasteiger partial charge in [0.25, 0.3) is 0 Å². The van der Waals surface area contributed by atoms with E-state index in [1.54, 1.807) is 7.05 Å². The maximum atomic E-state index is 12.9. The lowest BCUT2D eigenvalue weighted by Gasteiger charge is -2.50. The number of nitrogens with zero attached hydrogens (tertiary/aromatic N) is 2. The van der Waals surface area contributed by atoms with Crippen LogP contribution in [0, 0.1) is 0 Å². The van der Waals surface area contributed by atoms with Crippen LogP contribution in [0.5, 0.6) is 0 Å². The van der Waals surface area contributed by atoms with Crippen molar-refractivity contribution in [3.8, 4) is 0 Å². The summed E-state index contributed by atoms with van der Waals surface area (Å²) >= 11 is 0. The highest BCUT2D eigenvalue weighted by molar-refractivity contribution is 4.99. The largest absolute Gasteiger partial charge is 0.404 e. The summed E-state index contributed by atoms with van der Waals surface area (Å²) in [7, 11) is 5.44. The first-order valence-electron chi connectivity index (χ1n) is 6.37. The predicted octanol–water partition coefficient (Wildman–Crippen LogP) is 1.68. The zero-order chi connectivity index (χ0) is 14.0. The summed E-state index contributed by atoms with van der Waals surface area (Å²) in [6.07, 6.45) is -1.20. The molecule has 0 bridgehead atoms. The van der Waals surface area contributed by atoms with Crippen LogP contribution in [0.3, 0.4) is 0 Å². The normalized spacial score (nSPS) is 21.2. The molecule has 1 atom stereocenters. The Morgan fingerprint density at radius 3 is 2.06 bits per heavy atom. The van der Waals surface area contributed by atoms with Crippen molar-refractivity contribution >= 4 is 0 Å². The molecule has 1 saturated carbocycles. The van der Waals surface area contributed by atoms with Crippen LogP contribution in [0.25, 0.3) is 0 Å². The predicted molar refractivity (Wildman–Crippen MR) is 66.4 cm³/mol. The SMILES string of the molecule is CN(CC1(N(C)C)CCC1)C(CCN)C(F)(F)F. The standard InChI is InChI=1S/C12H24F3N3/c1-17(2)11(6-4-7-11)9-18(3)10(5-8-16)12(13,14)15/h10H,4-9,16H2,1-3H3. The van der Waals surface area contributed by atoms with Crippen molar-refractivity contribution in [2.75, 3.05) is 34.2 Å². The van der Waals surface area contributed by atoms with Crippen LogP contribution in [-0.4, -0.2) is 61.8 Å². The molecule has 18 heavy (non-hydrogen) atoms. The average molecular weight is 267 g/mol. The second kappa shape index (κ2) is 5.75. The molecule has 0 saturated heterocycles. The zero-order valence-electron chi connectivity index (χ0n) is 11.4. The molecule has 1 aliphatic rings. The minimum Gasteiger partial charge on any atom is -0.330 e. The van der Waals surface area contributed by atoms with Crippen LogP contribution in [0.2, 0.25) is 0 Å². The smallest absolute Gasteiger partial charge is 0.330 e. The molecule has 0 aromatic heterocycles. The van der Waals surface area contributed by atoms with Gasteiger partial charge in [0.05, 0.1) is 0 Å². The van der Waals surface area contributed by atoms with E-state index in [-0.39, 0.29) is 18.5 Å². The molecule has 0 aromatic rings. The highest BCUT2D eigenvalue weighted by Crippen LogP contribution is 2.38. The van der Waals surface area contributed by atoms with E-state index in [0.29, 0.717) is 6.54 Å². The van der Waals surface area contributed by atoms with Gasteiger partial charge in [0.15, 0.2) is 0 Å². The second-order valence-corrected chi connectivity index (χ2v) is 5.52. The average Bonchev–Trinajstić information content (AvgIpc) is 2.17. The fourth-order valence-corrected chi connectivity index (χ4v) is 2.70. The van der Waals surface area contributed by atoms with E-state index < -0.39 is 12.2 Å². The van der Waals surface area contributed by atoms with Crippen LogP contribution in [0.4, 0.5) is 13.2 Å². The van der Waals surface area contributed by atoms with E-state index in [2.05, 4.69) is 4.90 Å². The van der Waals surface area contributed by atoms with E-state index in [4.69, 9.17) is 5.73 Å². The van der Waals surface area contributed by atoms with Crippen LogP contribution < -0.4 is 5.73 Å².